The van der Waals surface area contributed by atoms with Crippen molar-refractivity contribution in [1.82, 2.24) is 9.88 Å². The summed E-state index contributed by atoms with van der Waals surface area (Å²) in [4.78, 5) is 19.6. The molecule has 0 aliphatic carbocycles. The SMILES string of the molecule is COC(=O)C1CSCN1Cc1ccc(OCc2nc(-c3cccs3)oc2C)cc1. The number of rotatable bonds is 7. The molecule has 3 heterocycles. The molecule has 0 bridgehead atoms. The van der Waals surface area contributed by atoms with E-state index in [1.165, 1.54) is 7.11 Å². The first-order valence-corrected chi connectivity index (χ1v) is 11.3. The summed E-state index contributed by atoms with van der Waals surface area (Å²) in [5.74, 6) is 3.61. The van der Waals surface area contributed by atoms with Gasteiger partial charge in [0, 0.05) is 18.2 Å². The second-order valence-corrected chi connectivity index (χ2v) is 8.67. The van der Waals surface area contributed by atoms with Crippen molar-refractivity contribution >= 4 is 29.1 Å². The zero-order valence-corrected chi connectivity index (χ0v) is 17.9. The largest absolute Gasteiger partial charge is 0.487 e. The highest BCUT2D eigenvalue weighted by atomic mass is 32.2. The lowest BCUT2D eigenvalue weighted by molar-refractivity contribution is -0.145. The second-order valence-electron chi connectivity index (χ2n) is 6.72. The molecule has 0 spiro atoms. The minimum Gasteiger partial charge on any atom is -0.487 e. The highest BCUT2D eigenvalue weighted by molar-refractivity contribution is 7.99. The van der Waals surface area contributed by atoms with Crippen LogP contribution in [0.4, 0.5) is 0 Å². The maximum Gasteiger partial charge on any atom is 0.323 e. The summed E-state index contributed by atoms with van der Waals surface area (Å²) in [5, 5.41) is 2.00. The molecule has 1 aromatic carbocycles. The Hall–Kier alpha value is -2.29. The molecule has 29 heavy (non-hydrogen) atoms. The van der Waals surface area contributed by atoms with Gasteiger partial charge in [-0.25, -0.2) is 4.98 Å². The fraction of sp³-hybridized carbons (Fsp3) is 0.333. The summed E-state index contributed by atoms with van der Waals surface area (Å²) in [6.45, 7) is 2.96. The molecule has 0 amide bonds. The predicted octanol–water partition coefficient (Wildman–Crippen LogP) is 4.34. The lowest BCUT2D eigenvalue weighted by Gasteiger charge is -2.21. The first-order chi connectivity index (χ1) is 14.1. The number of benzene rings is 1. The Morgan fingerprint density at radius 3 is 2.86 bits per heavy atom. The minimum atomic E-state index is -0.173. The molecule has 8 heteroatoms. The van der Waals surface area contributed by atoms with Crippen molar-refractivity contribution in [2.45, 2.75) is 26.1 Å². The van der Waals surface area contributed by atoms with Gasteiger partial charge in [0.1, 0.15) is 29.9 Å². The van der Waals surface area contributed by atoms with Gasteiger partial charge in [-0.05, 0) is 36.1 Å². The summed E-state index contributed by atoms with van der Waals surface area (Å²) < 4.78 is 16.6. The van der Waals surface area contributed by atoms with Crippen LogP contribution >= 0.6 is 23.1 Å². The zero-order valence-electron chi connectivity index (χ0n) is 16.3. The summed E-state index contributed by atoms with van der Waals surface area (Å²) in [5.41, 5.74) is 1.93. The van der Waals surface area contributed by atoms with E-state index in [2.05, 4.69) is 9.88 Å². The molecule has 1 atom stereocenters. The summed E-state index contributed by atoms with van der Waals surface area (Å²) in [7, 11) is 1.44. The Labute approximate surface area is 177 Å². The number of hydrogen-bond donors (Lipinski definition) is 0. The van der Waals surface area contributed by atoms with Crippen LogP contribution in [0.15, 0.2) is 46.2 Å². The van der Waals surface area contributed by atoms with Crippen molar-refractivity contribution in [3.8, 4) is 16.5 Å². The van der Waals surface area contributed by atoms with Gasteiger partial charge in [0.25, 0.3) is 0 Å². The molecular weight excluding hydrogens is 408 g/mol. The van der Waals surface area contributed by atoms with Gasteiger partial charge in [0.05, 0.1) is 12.0 Å². The molecule has 2 aromatic heterocycles. The van der Waals surface area contributed by atoms with Crippen LogP contribution in [0, 0.1) is 6.92 Å². The lowest BCUT2D eigenvalue weighted by Crippen LogP contribution is -2.38. The van der Waals surface area contributed by atoms with Crippen LogP contribution in [0.1, 0.15) is 17.0 Å². The fourth-order valence-electron chi connectivity index (χ4n) is 3.13. The fourth-order valence-corrected chi connectivity index (χ4v) is 4.96. The van der Waals surface area contributed by atoms with E-state index in [9.17, 15) is 4.79 Å². The molecule has 1 unspecified atom stereocenters. The number of thioether (sulfide) groups is 1. The molecule has 152 valence electrons. The first kappa shape index (κ1) is 20.0. The number of thiophene rings is 1. The topological polar surface area (TPSA) is 64.8 Å². The molecule has 0 N–H and O–H groups in total. The molecule has 0 radical (unpaired) electrons. The van der Waals surface area contributed by atoms with Crippen molar-refractivity contribution in [3.63, 3.8) is 0 Å². The number of aromatic nitrogens is 1. The van der Waals surface area contributed by atoms with Gasteiger partial charge in [0.15, 0.2) is 0 Å². The number of oxazole rings is 1. The minimum absolute atomic E-state index is 0.167. The van der Waals surface area contributed by atoms with Crippen LogP contribution in [0.25, 0.3) is 10.8 Å². The molecule has 4 rings (SSSR count). The third-order valence-electron chi connectivity index (χ3n) is 4.76. The predicted molar refractivity (Wildman–Crippen MR) is 114 cm³/mol. The Kier molecular flexibility index (Phi) is 6.22. The van der Waals surface area contributed by atoms with Gasteiger partial charge in [-0.3, -0.25) is 9.69 Å². The van der Waals surface area contributed by atoms with Crippen LogP contribution in [0.3, 0.4) is 0 Å². The maximum atomic E-state index is 11.9. The number of methoxy groups -OCH3 is 1. The molecule has 1 saturated heterocycles. The smallest absolute Gasteiger partial charge is 0.323 e. The average molecular weight is 431 g/mol. The third-order valence-corrected chi connectivity index (χ3v) is 6.68. The Morgan fingerprint density at radius 2 is 2.14 bits per heavy atom. The van der Waals surface area contributed by atoms with Gasteiger partial charge < -0.3 is 13.9 Å². The number of carbonyl (C=O) groups is 1. The van der Waals surface area contributed by atoms with Crippen molar-refractivity contribution in [3.05, 3.63) is 58.8 Å². The molecular formula is C21H22N2O4S2. The van der Waals surface area contributed by atoms with E-state index in [0.717, 1.165) is 39.3 Å². The molecule has 0 saturated carbocycles. The monoisotopic (exact) mass is 430 g/mol. The maximum absolute atomic E-state index is 11.9. The van der Waals surface area contributed by atoms with Gasteiger partial charge in [-0.2, -0.15) is 0 Å². The van der Waals surface area contributed by atoms with Crippen molar-refractivity contribution in [2.75, 3.05) is 18.7 Å². The van der Waals surface area contributed by atoms with Crippen LogP contribution < -0.4 is 4.74 Å². The number of ether oxygens (including phenoxy) is 2. The number of hydrogen-bond acceptors (Lipinski definition) is 8. The highest BCUT2D eigenvalue weighted by Gasteiger charge is 2.31. The van der Waals surface area contributed by atoms with Gasteiger partial charge in [0.2, 0.25) is 5.89 Å². The first-order valence-electron chi connectivity index (χ1n) is 9.25. The Morgan fingerprint density at radius 1 is 1.31 bits per heavy atom. The van der Waals surface area contributed by atoms with E-state index in [0.29, 0.717) is 19.0 Å². The third kappa shape index (κ3) is 4.66. The van der Waals surface area contributed by atoms with Crippen LogP contribution in [0.2, 0.25) is 0 Å². The van der Waals surface area contributed by atoms with Gasteiger partial charge in [-0.1, -0.05) is 18.2 Å². The molecule has 3 aromatic rings. The van der Waals surface area contributed by atoms with E-state index in [1.807, 2.05) is 48.7 Å². The normalized spacial score (nSPS) is 16.8. The average Bonchev–Trinajstić information content (AvgIpc) is 3.48. The zero-order chi connectivity index (χ0) is 20.2. The standard InChI is InChI=1S/C21H22N2O4S2/c1-14-17(22-20(27-14)19-4-3-9-29-19)11-26-16-7-5-15(6-8-16)10-23-13-28-12-18(23)21(24)25-2/h3-9,18H,10-13H2,1-2H3. The number of carbonyl (C=O) groups excluding carboxylic acids is 1. The Balaban J connectivity index is 1.35. The summed E-state index contributed by atoms with van der Waals surface area (Å²) in [6, 6.07) is 11.7. The second kappa shape index (κ2) is 9.02. The van der Waals surface area contributed by atoms with E-state index >= 15 is 0 Å². The Bertz CT molecular complexity index is 954. The van der Waals surface area contributed by atoms with Crippen molar-refractivity contribution in [1.29, 1.82) is 0 Å². The van der Waals surface area contributed by atoms with E-state index in [-0.39, 0.29) is 12.0 Å². The van der Waals surface area contributed by atoms with Crippen molar-refractivity contribution in [2.24, 2.45) is 0 Å². The van der Waals surface area contributed by atoms with Gasteiger partial charge >= 0.3 is 5.97 Å². The lowest BCUT2D eigenvalue weighted by atomic mass is 10.2. The quantitative estimate of drug-likeness (QED) is 0.517. The van der Waals surface area contributed by atoms with E-state index in [4.69, 9.17) is 13.9 Å². The van der Waals surface area contributed by atoms with Crippen LogP contribution in [-0.4, -0.2) is 40.6 Å². The van der Waals surface area contributed by atoms with E-state index < -0.39 is 0 Å². The van der Waals surface area contributed by atoms with Crippen LogP contribution in [-0.2, 0) is 22.7 Å². The number of aryl methyl sites for hydroxylation is 1. The summed E-state index contributed by atoms with van der Waals surface area (Å²) in [6.07, 6.45) is 0. The van der Waals surface area contributed by atoms with Gasteiger partial charge in [-0.15, -0.1) is 23.1 Å². The van der Waals surface area contributed by atoms with Crippen molar-refractivity contribution < 1.29 is 18.7 Å². The van der Waals surface area contributed by atoms with E-state index in [1.54, 1.807) is 23.1 Å². The number of nitrogens with zero attached hydrogens (tertiary/aromatic N) is 2. The molecule has 6 nitrogen and oxygen atoms in total. The summed E-state index contributed by atoms with van der Waals surface area (Å²) >= 11 is 3.35. The highest BCUT2D eigenvalue weighted by Crippen LogP contribution is 2.27. The molecule has 1 fully saturated rings. The molecule has 1 aliphatic rings. The van der Waals surface area contributed by atoms with Crippen LogP contribution in [0.5, 0.6) is 5.75 Å². The molecule has 1 aliphatic heterocycles. The number of esters is 1.